The number of nitriles is 1. The van der Waals surface area contributed by atoms with Crippen LogP contribution in [0, 0.1) is 11.3 Å². The lowest BCUT2D eigenvalue weighted by Gasteiger charge is -2.08. The topological polar surface area (TPSA) is 49.8 Å². The zero-order valence-electron chi connectivity index (χ0n) is 7.10. The number of nitrogens with zero attached hydrogens (tertiary/aromatic N) is 1. The molecule has 0 radical (unpaired) electrons. The van der Waals surface area contributed by atoms with E-state index < -0.39 is 11.7 Å². The first-order valence-corrected chi connectivity index (χ1v) is 3.79. The minimum atomic E-state index is -4.42. The highest BCUT2D eigenvalue weighted by Crippen LogP contribution is 2.30. The van der Waals surface area contributed by atoms with Crippen molar-refractivity contribution in [2.24, 2.45) is 5.73 Å². The van der Waals surface area contributed by atoms with Crippen LogP contribution >= 0.6 is 0 Å². The van der Waals surface area contributed by atoms with Crippen molar-refractivity contribution in [2.75, 3.05) is 0 Å². The molecule has 14 heavy (non-hydrogen) atoms. The largest absolute Gasteiger partial charge is 0.416 e. The zero-order chi connectivity index (χ0) is 10.8. The minimum absolute atomic E-state index is 0.0256. The Morgan fingerprint density at radius 3 is 2.43 bits per heavy atom. The van der Waals surface area contributed by atoms with Gasteiger partial charge in [-0.3, -0.25) is 0 Å². The fraction of sp³-hybridized carbons (Fsp3) is 0.222. The van der Waals surface area contributed by atoms with E-state index in [0.29, 0.717) is 5.56 Å². The Bertz CT molecular complexity index is 377. The lowest BCUT2D eigenvalue weighted by atomic mass is 10.0. The average molecular weight is 200 g/mol. The molecule has 1 aromatic carbocycles. The molecule has 1 rings (SSSR count). The van der Waals surface area contributed by atoms with Gasteiger partial charge in [0, 0.05) is 6.54 Å². The van der Waals surface area contributed by atoms with Gasteiger partial charge in [0.05, 0.1) is 17.2 Å². The Morgan fingerprint density at radius 2 is 2.00 bits per heavy atom. The van der Waals surface area contributed by atoms with Crippen LogP contribution in [0.5, 0.6) is 0 Å². The van der Waals surface area contributed by atoms with Crippen molar-refractivity contribution < 1.29 is 13.2 Å². The van der Waals surface area contributed by atoms with Gasteiger partial charge in [0.2, 0.25) is 0 Å². The van der Waals surface area contributed by atoms with Crippen molar-refractivity contribution in [3.8, 4) is 6.07 Å². The second kappa shape index (κ2) is 3.68. The van der Waals surface area contributed by atoms with E-state index in [1.54, 1.807) is 6.07 Å². The summed E-state index contributed by atoms with van der Waals surface area (Å²) in [5.74, 6) is 0. The smallest absolute Gasteiger partial charge is 0.326 e. The van der Waals surface area contributed by atoms with Gasteiger partial charge >= 0.3 is 6.18 Å². The third kappa shape index (κ3) is 2.03. The molecule has 0 heterocycles. The molecule has 0 fully saturated rings. The molecule has 5 heteroatoms. The van der Waals surface area contributed by atoms with Crippen LogP contribution < -0.4 is 5.73 Å². The zero-order valence-corrected chi connectivity index (χ0v) is 7.10. The molecule has 0 aromatic heterocycles. The summed E-state index contributed by atoms with van der Waals surface area (Å²) in [5, 5.41) is 8.57. The van der Waals surface area contributed by atoms with E-state index in [-0.39, 0.29) is 12.1 Å². The summed E-state index contributed by atoms with van der Waals surface area (Å²) in [7, 11) is 0. The van der Waals surface area contributed by atoms with E-state index in [4.69, 9.17) is 11.0 Å². The highest BCUT2D eigenvalue weighted by atomic mass is 19.4. The third-order valence-electron chi connectivity index (χ3n) is 1.78. The molecule has 0 aliphatic rings. The van der Waals surface area contributed by atoms with Crippen molar-refractivity contribution >= 4 is 0 Å². The minimum Gasteiger partial charge on any atom is -0.326 e. The number of hydrogen-bond acceptors (Lipinski definition) is 2. The molecule has 0 atom stereocenters. The van der Waals surface area contributed by atoms with E-state index in [1.807, 2.05) is 0 Å². The lowest BCUT2D eigenvalue weighted by molar-refractivity contribution is -0.137. The molecular formula is C9H7F3N2. The molecule has 0 amide bonds. The molecule has 2 nitrogen and oxygen atoms in total. The molecule has 0 aliphatic heterocycles. The fourth-order valence-electron chi connectivity index (χ4n) is 1.03. The third-order valence-corrected chi connectivity index (χ3v) is 1.78. The molecule has 74 valence electrons. The predicted octanol–water partition coefficient (Wildman–Crippen LogP) is 2.04. The summed E-state index contributed by atoms with van der Waals surface area (Å²) in [6.45, 7) is 0.0566. The average Bonchev–Trinajstić information content (AvgIpc) is 2.15. The number of benzene rings is 1. The quantitative estimate of drug-likeness (QED) is 0.754. The van der Waals surface area contributed by atoms with Crippen molar-refractivity contribution in [1.29, 1.82) is 5.26 Å². The van der Waals surface area contributed by atoms with E-state index in [2.05, 4.69) is 0 Å². The number of nitrogens with two attached hydrogens (primary N) is 1. The van der Waals surface area contributed by atoms with E-state index >= 15 is 0 Å². The molecule has 2 N–H and O–H groups in total. The van der Waals surface area contributed by atoms with Gasteiger partial charge in [0.15, 0.2) is 0 Å². The first kappa shape index (κ1) is 10.5. The van der Waals surface area contributed by atoms with Crippen LogP contribution in [0.4, 0.5) is 13.2 Å². The molecule has 0 saturated heterocycles. The predicted molar refractivity (Wildman–Crippen MR) is 44.1 cm³/mol. The van der Waals surface area contributed by atoms with Crippen LogP contribution in [0.1, 0.15) is 16.7 Å². The Hall–Kier alpha value is -1.54. The molecular weight excluding hydrogens is 193 g/mol. The van der Waals surface area contributed by atoms with E-state index in [1.165, 1.54) is 6.07 Å². The first-order chi connectivity index (χ1) is 6.49. The summed E-state index contributed by atoms with van der Waals surface area (Å²) in [6, 6.07) is 4.63. The number of rotatable bonds is 1. The van der Waals surface area contributed by atoms with Crippen LogP contribution in [-0.2, 0) is 12.7 Å². The van der Waals surface area contributed by atoms with Crippen molar-refractivity contribution in [1.82, 2.24) is 0 Å². The highest BCUT2D eigenvalue weighted by Gasteiger charge is 2.30. The van der Waals surface area contributed by atoms with Gasteiger partial charge in [-0.2, -0.15) is 18.4 Å². The first-order valence-electron chi connectivity index (χ1n) is 3.79. The standard InChI is InChI=1S/C9H7F3N2/c10-9(11,12)8-2-1-6(4-13)7(3-8)5-14/h1-3H,4,13H2. The molecule has 0 spiro atoms. The number of hydrogen-bond donors (Lipinski definition) is 1. The van der Waals surface area contributed by atoms with Crippen molar-refractivity contribution in [2.45, 2.75) is 12.7 Å². The molecule has 0 unspecified atom stereocenters. The second-order valence-corrected chi connectivity index (χ2v) is 2.69. The summed E-state index contributed by atoms with van der Waals surface area (Å²) in [6.07, 6.45) is -4.42. The van der Waals surface area contributed by atoms with Crippen LogP contribution in [0.3, 0.4) is 0 Å². The molecule has 0 bridgehead atoms. The van der Waals surface area contributed by atoms with Gasteiger partial charge in [-0.1, -0.05) is 6.07 Å². The van der Waals surface area contributed by atoms with Crippen LogP contribution in [0.2, 0.25) is 0 Å². The highest BCUT2D eigenvalue weighted by molar-refractivity contribution is 5.41. The van der Waals surface area contributed by atoms with E-state index in [0.717, 1.165) is 12.1 Å². The monoisotopic (exact) mass is 200 g/mol. The van der Waals surface area contributed by atoms with Gasteiger partial charge in [-0.15, -0.1) is 0 Å². The van der Waals surface area contributed by atoms with Gasteiger partial charge in [-0.25, -0.2) is 0 Å². The van der Waals surface area contributed by atoms with Crippen LogP contribution in [0.15, 0.2) is 18.2 Å². The van der Waals surface area contributed by atoms with Gasteiger partial charge in [0.1, 0.15) is 0 Å². The van der Waals surface area contributed by atoms with Crippen molar-refractivity contribution in [3.05, 3.63) is 34.9 Å². The molecule has 0 saturated carbocycles. The van der Waals surface area contributed by atoms with Gasteiger partial charge < -0.3 is 5.73 Å². The van der Waals surface area contributed by atoms with Crippen LogP contribution in [0.25, 0.3) is 0 Å². The summed E-state index contributed by atoms with van der Waals surface area (Å²) < 4.78 is 36.6. The Morgan fingerprint density at radius 1 is 1.36 bits per heavy atom. The fourth-order valence-corrected chi connectivity index (χ4v) is 1.03. The normalized spacial score (nSPS) is 11.1. The Kier molecular flexibility index (Phi) is 2.77. The van der Waals surface area contributed by atoms with Gasteiger partial charge in [0.25, 0.3) is 0 Å². The SMILES string of the molecule is N#Cc1cc(C(F)(F)F)ccc1CN. The molecule has 1 aromatic rings. The summed E-state index contributed by atoms with van der Waals surface area (Å²) in [4.78, 5) is 0. The maximum absolute atomic E-state index is 12.2. The number of halogens is 3. The molecule has 0 aliphatic carbocycles. The van der Waals surface area contributed by atoms with Gasteiger partial charge in [-0.05, 0) is 17.7 Å². The van der Waals surface area contributed by atoms with Crippen LogP contribution in [-0.4, -0.2) is 0 Å². The van der Waals surface area contributed by atoms with Crippen molar-refractivity contribution in [3.63, 3.8) is 0 Å². The van der Waals surface area contributed by atoms with E-state index in [9.17, 15) is 13.2 Å². The lowest BCUT2D eigenvalue weighted by Crippen LogP contribution is -2.07. The summed E-state index contributed by atoms with van der Waals surface area (Å²) in [5.41, 5.74) is 4.82. The maximum Gasteiger partial charge on any atom is 0.416 e. The maximum atomic E-state index is 12.2. The number of alkyl halides is 3. The second-order valence-electron chi connectivity index (χ2n) is 2.69. The summed E-state index contributed by atoms with van der Waals surface area (Å²) >= 11 is 0. The Labute approximate surface area is 78.8 Å². The Balaban J connectivity index is 3.23.